The zero-order valence-corrected chi connectivity index (χ0v) is 10.3. The van der Waals surface area contributed by atoms with Crippen LogP contribution in [-0.4, -0.2) is 17.6 Å². The number of aliphatic imine (C=N–C) groups is 1. The maximum Gasteiger partial charge on any atom is 0.160 e. The van der Waals surface area contributed by atoms with E-state index in [2.05, 4.69) is 4.99 Å². The van der Waals surface area contributed by atoms with E-state index < -0.39 is 0 Å². The number of benzene rings is 2. The summed E-state index contributed by atoms with van der Waals surface area (Å²) in [5.41, 5.74) is 1.60. The van der Waals surface area contributed by atoms with Crippen LogP contribution in [0.4, 0.5) is 5.69 Å². The van der Waals surface area contributed by atoms with Gasteiger partial charge in [0, 0.05) is 12.1 Å². The SMILES string of the molecule is CCN=C(c1ccccc1)N(O)c1ccccc1. The lowest BCUT2D eigenvalue weighted by atomic mass is 10.2. The summed E-state index contributed by atoms with van der Waals surface area (Å²) in [5.74, 6) is 0.560. The minimum atomic E-state index is 0.560. The standard InChI is InChI=1S/C15H16N2O/c1-2-16-15(13-9-5-3-6-10-13)17(18)14-11-7-4-8-12-14/h3-12,18H,2H2,1H3. The number of hydrogen-bond acceptors (Lipinski definition) is 2. The molecule has 0 aliphatic rings. The molecule has 0 amide bonds. The van der Waals surface area contributed by atoms with Gasteiger partial charge in [-0.25, -0.2) is 5.06 Å². The van der Waals surface area contributed by atoms with Crippen molar-refractivity contribution < 1.29 is 5.21 Å². The molecule has 2 rings (SSSR count). The summed E-state index contributed by atoms with van der Waals surface area (Å²) in [6.45, 7) is 2.57. The van der Waals surface area contributed by atoms with Gasteiger partial charge >= 0.3 is 0 Å². The monoisotopic (exact) mass is 240 g/mol. The summed E-state index contributed by atoms with van der Waals surface area (Å²) in [6.07, 6.45) is 0. The number of nitrogens with zero attached hydrogens (tertiary/aromatic N) is 2. The number of amidine groups is 1. The lowest BCUT2D eigenvalue weighted by Gasteiger charge is -2.19. The Hall–Kier alpha value is -2.13. The van der Waals surface area contributed by atoms with Crippen LogP contribution in [0.15, 0.2) is 65.7 Å². The van der Waals surface area contributed by atoms with Crippen LogP contribution in [0, 0.1) is 0 Å². The van der Waals surface area contributed by atoms with Gasteiger partial charge in [0.05, 0.1) is 5.69 Å². The van der Waals surface area contributed by atoms with Crippen molar-refractivity contribution in [1.29, 1.82) is 0 Å². The zero-order chi connectivity index (χ0) is 12.8. The highest BCUT2D eigenvalue weighted by Crippen LogP contribution is 2.15. The average Bonchev–Trinajstić information content (AvgIpc) is 2.46. The Balaban J connectivity index is 2.35. The molecule has 92 valence electrons. The molecule has 3 heteroatoms. The maximum absolute atomic E-state index is 10.3. The molecule has 0 unspecified atom stereocenters. The fourth-order valence-corrected chi connectivity index (χ4v) is 1.71. The van der Waals surface area contributed by atoms with Crippen molar-refractivity contribution in [3.8, 4) is 0 Å². The summed E-state index contributed by atoms with van der Waals surface area (Å²) in [5, 5.41) is 11.4. The fraction of sp³-hybridized carbons (Fsp3) is 0.133. The van der Waals surface area contributed by atoms with Crippen molar-refractivity contribution in [3.63, 3.8) is 0 Å². The summed E-state index contributed by atoms with van der Waals surface area (Å²) in [6, 6.07) is 19.0. The van der Waals surface area contributed by atoms with Gasteiger partial charge in [0.15, 0.2) is 5.84 Å². The Morgan fingerprint density at radius 2 is 1.56 bits per heavy atom. The lowest BCUT2D eigenvalue weighted by molar-refractivity contribution is 0.312. The third kappa shape index (κ3) is 2.76. The van der Waals surface area contributed by atoms with Gasteiger partial charge in [-0.05, 0) is 19.1 Å². The molecule has 18 heavy (non-hydrogen) atoms. The van der Waals surface area contributed by atoms with Crippen molar-refractivity contribution in [3.05, 3.63) is 66.2 Å². The summed E-state index contributed by atoms with van der Waals surface area (Å²) in [4.78, 5) is 4.36. The van der Waals surface area contributed by atoms with Crippen LogP contribution in [-0.2, 0) is 0 Å². The Bertz CT molecular complexity index is 509. The van der Waals surface area contributed by atoms with E-state index in [1.54, 1.807) is 0 Å². The smallest absolute Gasteiger partial charge is 0.160 e. The van der Waals surface area contributed by atoms with Gasteiger partial charge in [-0.2, -0.15) is 0 Å². The molecule has 0 bridgehead atoms. The molecule has 0 aromatic heterocycles. The van der Waals surface area contributed by atoms with E-state index in [4.69, 9.17) is 0 Å². The third-order valence-electron chi connectivity index (χ3n) is 2.54. The molecule has 0 aliphatic carbocycles. The fourth-order valence-electron chi connectivity index (χ4n) is 1.71. The van der Waals surface area contributed by atoms with Gasteiger partial charge in [0.1, 0.15) is 0 Å². The highest BCUT2D eigenvalue weighted by molar-refractivity contribution is 6.08. The summed E-state index contributed by atoms with van der Waals surface area (Å²) in [7, 11) is 0. The van der Waals surface area contributed by atoms with E-state index in [-0.39, 0.29) is 0 Å². The number of hydrogen-bond donors (Lipinski definition) is 1. The van der Waals surface area contributed by atoms with Crippen molar-refractivity contribution in [2.45, 2.75) is 6.92 Å². The average molecular weight is 240 g/mol. The quantitative estimate of drug-likeness (QED) is 0.507. The molecule has 0 radical (unpaired) electrons. The third-order valence-corrected chi connectivity index (χ3v) is 2.54. The molecule has 2 aromatic rings. The van der Waals surface area contributed by atoms with E-state index >= 15 is 0 Å². The highest BCUT2D eigenvalue weighted by Gasteiger charge is 2.12. The molecule has 0 aliphatic heterocycles. The molecular formula is C15H16N2O. The first-order valence-corrected chi connectivity index (χ1v) is 5.97. The Kier molecular flexibility index (Phi) is 4.10. The Morgan fingerprint density at radius 1 is 1.00 bits per heavy atom. The number of hydroxylamine groups is 1. The van der Waals surface area contributed by atoms with Crippen molar-refractivity contribution in [2.75, 3.05) is 11.6 Å². The minimum absolute atomic E-state index is 0.560. The number of anilines is 1. The normalized spacial score (nSPS) is 11.3. The van der Waals surface area contributed by atoms with Crippen LogP contribution in [0.25, 0.3) is 0 Å². The van der Waals surface area contributed by atoms with E-state index in [0.29, 0.717) is 18.1 Å². The second-order valence-electron chi connectivity index (χ2n) is 3.81. The molecule has 0 saturated heterocycles. The van der Waals surface area contributed by atoms with Crippen LogP contribution in [0.2, 0.25) is 0 Å². The largest absolute Gasteiger partial charge is 0.282 e. The Morgan fingerprint density at radius 3 is 2.11 bits per heavy atom. The number of rotatable bonds is 3. The molecule has 0 heterocycles. The van der Waals surface area contributed by atoms with E-state index in [0.717, 1.165) is 10.6 Å². The maximum atomic E-state index is 10.3. The first-order chi connectivity index (χ1) is 8.83. The van der Waals surface area contributed by atoms with E-state index in [1.165, 1.54) is 0 Å². The molecule has 3 nitrogen and oxygen atoms in total. The molecule has 2 aromatic carbocycles. The predicted molar refractivity (Wildman–Crippen MR) is 74.2 cm³/mol. The first-order valence-electron chi connectivity index (χ1n) is 5.97. The van der Waals surface area contributed by atoms with Crippen LogP contribution in [0.5, 0.6) is 0 Å². The van der Waals surface area contributed by atoms with Crippen LogP contribution in [0.1, 0.15) is 12.5 Å². The molecule has 0 atom stereocenters. The van der Waals surface area contributed by atoms with Gasteiger partial charge in [0.2, 0.25) is 0 Å². The molecule has 1 N–H and O–H groups in total. The molecule has 0 fully saturated rings. The minimum Gasteiger partial charge on any atom is -0.282 e. The van der Waals surface area contributed by atoms with Crippen molar-refractivity contribution >= 4 is 11.5 Å². The van der Waals surface area contributed by atoms with Crippen LogP contribution >= 0.6 is 0 Å². The van der Waals surface area contributed by atoms with Gasteiger partial charge < -0.3 is 0 Å². The van der Waals surface area contributed by atoms with Gasteiger partial charge in [-0.1, -0.05) is 48.5 Å². The molecule has 0 saturated carbocycles. The van der Waals surface area contributed by atoms with E-state index in [9.17, 15) is 5.21 Å². The topological polar surface area (TPSA) is 35.8 Å². The van der Waals surface area contributed by atoms with Crippen molar-refractivity contribution in [1.82, 2.24) is 0 Å². The van der Waals surface area contributed by atoms with Gasteiger partial charge in [-0.15, -0.1) is 0 Å². The molecule has 0 spiro atoms. The lowest BCUT2D eigenvalue weighted by Crippen LogP contribution is -2.28. The van der Waals surface area contributed by atoms with Crippen LogP contribution in [0.3, 0.4) is 0 Å². The van der Waals surface area contributed by atoms with E-state index in [1.807, 2.05) is 67.6 Å². The summed E-state index contributed by atoms with van der Waals surface area (Å²) < 4.78 is 0. The van der Waals surface area contributed by atoms with Crippen molar-refractivity contribution in [2.24, 2.45) is 4.99 Å². The highest BCUT2D eigenvalue weighted by atomic mass is 16.5. The van der Waals surface area contributed by atoms with Crippen LogP contribution < -0.4 is 5.06 Å². The van der Waals surface area contributed by atoms with Gasteiger partial charge in [-0.3, -0.25) is 10.2 Å². The second-order valence-corrected chi connectivity index (χ2v) is 3.81. The zero-order valence-electron chi connectivity index (χ0n) is 10.3. The van der Waals surface area contributed by atoms with Gasteiger partial charge in [0.25, 0.3) is 0 Å². The molecular weight excluding hydrogens is 224 g/mol. The predicted octanol–water partition coefficient (Wildman–Crippen LogP) is 3.35. The Labute approximate surface area is 107 Å². The second kappa shape index (κ2) is 5.98. The first kappa shape index (κ1) is 12.3. The summed E-state index contributed by atoms with van der Waals surface area (Å²) >= 11 is 0. The number of para-hydroxylation sites is 1.